The Morgan fingerprint density at radius 3 is 2.50 bits per heavy atom. The van der Waals surface area contributed by atoms with Crippen molar-refractivity contribution in [3.05, 3.63) is 51.3 Å². The zero-order valence-corrected chi connectivity index (χ0v) is 18.6. The second-order valence-corrected chi connectivity index (χ2v) is 7.27. The molecule has 0 spiro atoms. The van der Waals surface area contributed by atoms with Gasteiger partial charge in [-0.25, -0.2) is 0 Å². The molecule has 11 heteroatoms. The fraction of sp³-hybridized carbons (Fsp3) is 0.429. The standard InChI is InChI=1S/C21H27N5O6/c1-5-10-24(11-18(27)22-17-9-7-6-8-14(17)2)19(28)13-32-20(29)12-25-16(4)21(26(30)31)15(3)23-25/h6-9H,5,10-13H2,1-4H3,(H,22,27). The summed E-state index contributed by atoms with van der Waals surface area (Å²) in [6, 6.07) is 7.29. The second kappa shape index (κ2) is 11.0. The zero-order chi connectivity index (χ0) is 23.8. The number of benzene rings is 1. The van der Waals surface area contributed by atoms with Gasteiger partial charge in [-0.1, -0.05) is 25.1 Å². The number of hydrogen-bond donors (Lipinski definition) is 1. The average molecular weight is 445 g/mol. The number of para-hydroxylation sites is 1. The van der Waals surface area contributed by atoms with E-state index in [0.717, 1.165) is 5.56 Å². The molecule has 0 atom stereocenters. The van der Waals surface area contributed by atoms with E-state index in [-0.39, 0.29) is 36.1 Å². The summed E-state index contributed by atoms with van der Waals surface area (Å²) in [4.78, 5) is 48.9. The van der Waals surface area contributed by atoms with Gasteiger partial charge >= 0.3 is 11.7 Å². The van der Waals surface area contributed by atoms with E-state index in [1.54, 1.807) is 12.1 Å². The third-order valence-electron chi connectivity index (χ3n) is 4.76. The van der Waals surface area contributed by atoms with Gasteiger partial charge in [0.25, 0.3) is 5.91 Å². The van der Waals surface area contributed by atoms with Gasteiger partial charge in [-0.3, -0.25) is 29.2 Å². The monoisotopic (exact) mass is 445 g/mol. The Morgan fingerprint density at radius 1 is 1.22 bits per heavy atom. The predicted octanol–water partition coefficient (Wildman–Crippen LogP) is 2.14. The highest BCUT2D eigenvalue weighted by atomic mass is 16.6. The quantitative estimate of drug-likeness (QED) is 0.336. The Morgan fingerprint density at radius 2 is 1.91 bits per heavy atom. The maximum Gasteiger partial charge on any atom is 0.328 e. The number of ether oxygens (including phenoxy) is 1. The van der Waals surface area contributed by atoms with Gasteiger partial charge in [0.15, 0.2) is 6.61 Å². The normalized spacial score (nSPS) is 10.5. The number of esters is 1. The van der Waals surface area contributed by atoms with Crippen molar-refractivity contribution in [2.24, 2.45) is 0 Å². The zero-order valence-electron chi connectivity index (χ0n) is 18.6. The van der Waals surface area contributed by atoms with Crippen LogP contribution in [0.25, 0.3) is 0 Å². The molecule has 0 saturated carbocycles. The fourth-order valence-corrected chi connectivity index (χ4v) is 3.15. The molecule has 172 valence electrons. The first kappa shape index (κ1) is 24.5. The lowest BCUT2D eigenvalue weighted by molar-refractivity contribution is -0.386. The molecule has 32 heavy (non-hydrogen) atoms. The highest BCUT2D eigenvalue weighted by Gasteiger charge is 2.24. The molecule has 1 aromatic heterocycles. The first-order valence-electron chi connectivity index (χ1n) is 10.1. The molecule has 0 aliphatic rings. The Hall–Kier alpha value is -3.76. The van der Waals surface area contributed by atoms with Crippen LogP contribution >= 0.6 is 0 Å². The number of nitro groups is 1. The van der Waals surface area contributed by atoms with Crippen molar-refractivity contribution >= 4 is 29.2 Å². The molecule has 2 amide bonds. The van der Waals surface area contributed by atoms with Crippen molar-refractivity contribution in [1.82, 2.24) is 14.7 Å². The highest BCUT2D eigenvalue weighted by molar-refractivity contribution is 5.95. The lowest BCUT2D eigenvalue weighted by Crippen LogP contribution is -2.41. The van der Waals surface area contributed by atoms with E-state index >= 15 is 0 Å². The number of carbonyl (C=O) groups is 3. The van der Waals surface area contributed by atoms with Crippen molar-refractivity contribution in [1.29, 1.82) is 0 Å². The van der Waals surface area contributed by atoms with Crippen LogP contribution in [0, 0.1) is 30.9 Å². The summed E-state index contributed by atoms with van der Waals surface area (Å²) in [7, 11) is 0. The van der Waals surface area contributed by atoms with Crippen molar-refractivity contribution in [3.63, 3.8) is 0 Å². The van der Waals surface area contributed by atoms with Gasteiger partial charge in [-0.05, 0) is 38.8 Å². The van der Waals surface area contributed by atoms with Crippen LogP contribution in [-0.2, 0) is 25.7 Å². The molecule has 1 aromatic carbocycles. The number of hydrogen-bond acceptors (Lipinski definition) is 7. The van der Waals surface area contributed by atoms with Crippen LogP contribution in [0.3, 0.4) is 0 Å². The molecular formula is C21H27N5O6. The van der Waals surface area contributed by atoms with Gasteiger partial charge in [-0.15, -0.1) is 0 Å². The third-order valence-corrected chi connectivity index (χ3v) is 4.76. The van der Waals surface area contributed by atoms with Crippen LogP contribution in [0.4, 0.5) is 11.4 Å². The summed E-state index contributed by atoms with van der Waals surface area (Å²) in [5.41, 5.74) is 1.79. The minimum absolute atomic E-state index is 0.164. The molecule has 0 saturated heterocycles. The number of aryl methyl sites for hydroxylation is 2. The van der Waals surface area contributed by atoms with Crippen molar-refractivity contribution < 1.29 is 24.0 Å². The maximum atomic E-state index is 12.5. The van der Waals surface area contributed by atoms with Gasteiger partial charge in [0.1, 0.15) is 17.9 Å². The number of aromatic nitrogens is 2. The van der Waals surface area contributed by atoms with Crippen molar-refractivity contribution in [3.8, 4) is 0 Å². The van der Waals surface area contributed by atoms with Crippen LogP contribution in [0.2, 0.25) is 0 Å². The van der Waals surface area contributed by atoms with Gasteiger partial charge in [-0.2, -0.15) is 5.10 Å². The molecule has 1 heterocycles. The third kappa shape index (κ3) is 6.37. The number of carbonyl (C=O) groups excluding carboxylic acids is 3. The van der Waals surface area contributed by atoms with E-state index < -0.39 is 23.4 Å². The first-order valence-corrected chi connectivity index (χ1v) is 10.1. The number of amides is 2. The summed E-state index contributed by atoms with van der Waals surface area (Å²) < 4.78 is 6.19. The molecule has 0 aliphatic carbocycles. The van der Waals surface area contributed by atoms with Gasteiger partial charge in [0.05, 0.1) is 11.5 Å². The molecule has 1 N–H and O–H groups in total. The summed E-state index contributed by atoms with van der Waals surface area (Å²) in [6.07, 6.45) is 0.618. The Balaban J connectivity index is 1.93. The molecule has 11 nitrogen and oxygen atoms in total. The topological polar surface area (TPSA) is 137 Å². The van der Waals surface area contributed by atoms with Crippen molar-refractivity contribution in [2.45, 2.75) is 40.7 Å². The van der Waals surface area contributed by atoms with Crippen LogP contribution in [0.5, 0.6) is 0 Å². The molecule has 0 fully saturated rings. The van der Waals surface area contributed by atoms with Crippen LogP contribution in [0.15, 0.2) is 24.3 Å². The van der Waals surface area contributed by atoms with Gasteiger partial charge in [0.2, 0.25) is 5.91 Å². The molecule has 0 bridgehead atoms. The van der Waals surface area contributed by atoms with E-state index in [2.05, 4.69) is 10.4 Å². The number of nitrogens with zero attached hydrogens (tertiary/aromatic N) is 4. The molecule has 2 aromatic rings. The van der Waals surface area contributed by atoms with E-state index in [9.17, 15) is 24.5 Å². The minimum atomic E-state index is -0.764. The van der Waals surface area contributed by atoms with Crippen molar-refractivity contribution in [2.75, 3.05) is 25.0 Å². The van der Waals surface area contributed by atoms with E-state index in [1.807, 2.05) is 26.0 Å². The molecule has 0 unspecified atom stereocenters. The summed E-state index contributed by atoms with van der Waals surface area (Å²) in [5, 5.41) is 17.8. The van der Waals surface area contributed by atoms with E-state index in [0.29, 0.717) is 18.7 Å². The number of anilines is 1. The Kier molecular flexibility index (Phi) is 8.45. The van der Waals surface area contributed by atoms with Crippen LogP contribution in [0.1, 0.15) is 30.3 Å². The first-order chi connectivity index (χ1) is 15.1. The SMILES string of the molecule is CCCN(CC(=O)Nc1ccccc1C)C(=O)COC(=O)Cn1nc(C)c([N+](=O)[O-])c1C. The molecule has 2 rings (SSSR count). The predicted molar refractivity (Wildman–Crippen MR) is 116 cm³/mol. The molecule has 0 aliphatic heterocycles. The Labute approximate surface area is 185 Å². The summed E-state index contributed by atoms with van der Waals surface area (Å²) in [6.45, 7) is 5.91. The lowest BCUT2D eigenvalue weighted by Gasteiger charge is -2.21. The number of rotatable bonds is 10. The smallest absolute Gasteiger partial charge is 0.328 e. The van der Waals surface area contributed by atoms with Gasteiger partial charge in [0, 0.05) is 12.2 Å². The fourth-order valence-electron chi connectivity index (χ4n) is 3.15. The van der Waals surface area contributed by atoms with Crippen LogP contribution in [-0.4, -0.2) is 57.1 Å². The highest BCUT2D eigenvalue weighted by Crippen LogP contribution is 2.21. The maximum absolute atomic E-state index is 12.5. The largest absolute Gasteiger partial charge is 0.454 e. The second-order valence-electron chi connectivity index (χ2n) is 7.27. The average Bonchev–Trinajstić information content (AvgIpc) is 3.00. The van der Waals surface area contributed by atoms with E-state index in [1.165, 1.54) is 23.4 Å². The summed E-state index contributed by atoms with van der Waals surface area (Å²) in [5.74, 6) is -1.64. The van der Waals surface area contributed by atoms with Gasteiger partial charge < -0.3 is 15.0 Å². The molecular weight excluding hydrogens is 418 g/mol. The lowest BCUT2D eigenvalue weighted by atomic mass is 10.2. The summed E-state index contributed by atoms with van der Waals surface area (Å²) >= 11 is 0. The Bertz CT molecular complexity index is 1020. The van der Waals surface area contributed by atoms with Crippen LogP contribution < -0.4 is 5.32 Å². The van der Waals surface area contributed by atoms with E-state index in [4.69, 9.17) is 4.74 Å². The molecule has 0 radical (unpaired) electrons. The number of nitrogens with one attached hydrogen (secondary N) is 1. The minimum Gasteiger partial charge on any atom is -0.454 e.